The molecule has 6 heteroatoms. The minimum Gasteiger partial charge on any atom is -0.386 e. The van der Waals surface area contributed by atoms with E-state index < -0.39 is 11.3 Å². The second kappa shape index (κ2) is 4.08. The van der Waals surface area contributed by atoms with E-state index in [-0.39, 0.29) is 5.84 Å². The molecule has 0 aromatic heterocycles. The average Bonchev–Trinajstić information content (AvgIpc) is 2.00. The number of nitrogens with zero attached hydrogens (tertiary/aromatic N) is 1. The molecule has 0 aromatic rings. The summed E-state index contributed by atoms with van der Waals surface area (Å²) in [5.41, 5.74) is 7.04. The van der Waals surface area contributed by atoms with E-state index in [1.165, 1.54) is 7.05 Å². The number of nitrogens with two attached hydrogens (primary N) is 2. The Balaban J connectivity index is 4.08. The number of rotatable bonds is 2. The molecule has 0 aliphatic rings. The van der Waals surface area contributed by atoms with Gasteiger partial charge in [-0.1, -0.05) is 0 Å². The summed E-state index contributed by atoms with van der Waals surface area (Å²) < 4.78 is 0. The Morgan fingerprint density at radius 3 is 2.60 bits per heavy atom. The van der Waals surface area contributed by atoms with Gasteiger partial charge < -0.3 is 5.73 Å². The Labute approximate surface area is 63.4 Å². The highest BCUT2D eigenvalue weighted by Crippen LogP contribution is 1.93. The van der Waals surface area contributed by atoms with Crippen LogP contribution in [0.5, 0.6) is 0 Å². The standard InChI is InChI=1S/C4H9ClN4O/c1-8-3(6)2(5)4(10)9-7/h2H,7H2,1H3,(H2,6,8)(H,9,10). The molecule has 1 unspecified atom stereocenters. The van der Waals surface area contributed by atoms with Crippen LogP contribution in [0, 0.1) is 0 Å². The summed E-state index contributed by atoms with van der Waals surface area (Å²) in [6, 6.07) is 0. The molecule has 5 N–H and O–H groups in total. The van der Waals surface area contributed by atoms with Crippen LogP contribution in [0.2, 0.25) is 0 Å². The van der Waals surface area contributed by atoms with Gasteiger partial charge in [-0.15, -0.1) is 11.6 Å². The highest BCUT2D eigenvalue weighted by Gasteiger charge is 2.16. The van der Waals surface area contributed by atoms with Gasteiger partial charge in [0, 0.05) is 7.05 Å². The second-order valence-corrected chi connectivity index (χ2v) is 1.96. The molecule has 0 spiro atoms. The topological polar surface area (TPSA) is 93.5 Å². The SMILES string of the molecule is CN=C(N)C(Cl)C(=O)NN. The molecule has 0 saturated carbocycles. The number of carbonyl (C=O) groups is 1. The first-order valence-corrected chi connectivity index (χ1v) is 2.93. The molecule has 0 aromatic carbocycles. The van der Waals surface area contributed by atoms with Crippen molar-refractivity contribution in [1.82, 2.24) is 5.43 Å². The van der Waals surface area contributed by atoms with Crippen molar-refractivity contribution in [2.24, 2.45) is 16.6 Å². The molecular formula is C4H9ClN4O. The lowest BCUT2D eigenvalue weighted by Gasteiger charge is -2.04. The number of nitrogens with one attached hydrogen (secondary N) is 1. The van der Waals surface area contributed by atoms with Crippen LogP contribution in [-0.4, -0.2) is 24.2 Å². The summed E-state index contributed by atoms with van der Waals surface area (Å²) in [7, 11) is 1.44. The van der Waals surface area contributed by atoms with Crippen molar-refractivity contribution in [3.63, 3.8) is 0 Å². The van der Waals surface area contributed by atoms with E-state index in [0.717, 1.165) is 0 Å². The number of amidine groups is 1. The minimum absolute atomic E-state index is 0.0459. The highest BCUT2D eigenvalue weighted by atomic mass is 35.5. The van der Waals surface area contributed by atoms with Gasteiger partial charge >= 0.3 is 0 Å². The van der Waals surface area contributed by atoms with Crippen LogP contribution in [-0.2, 0) is 4.79 Å². The van der Waals surface area contributed by atoms with Crippen molar-refractivity contribution >= 4 is 23.3 Å². The Kier molecular flexibility index (Phi) is 3.75. The number of carbonyl (C=O) groups excluding carboxylic acids is 1. The number of halogens is 1. The lowest BCUT2D eigenvalue weighted by Crippen LogP contribution is -2.43. The lowest BCUT2D eigenvalue weighted by atomic mass is 10.4. The third-order valence-corrected chi connectivity index (χ3v) is 1.31. The Hall–Kier alpha value is -0.810. The second-order valence-electron chi connectivity index (χ2n) is 1.52. The fraction of sp³-hybridized carbons (Fsp3) is 0.500. The summed E-state index contributed by atoms with van der Waals surface area (Å²) >= 11 is 5.43. The molecule has 0 aliphatic carbocycles. The van der Waals surface area contributed by atoms with Crippen LogP contribution in [0.15, 0.2) is 4.99 Å². The molecule has 10 heavy (non-hydrogen) atoms. The van der Waals surface area contributed by atoms with Gasteiger partial charge in [0.15, 0.2) is 5.38 Å². The maximum absolute atomic E-state index is 10.6. The summed E-state index contributed by atoms with van der Waals surface area (Å²) in [4.78, 5) is 14.1. The predicted octanol–water partition coefficient (Wildman–Crippen LogP) is -1.43. The van der Waals surface area contributed by atoms with Gasteiger partial charge in [0.05, 0.1) is 0 Å². The lowest BCUT2D eigenvalue weighted by molar-refractivity contribution is -0.119. The van der Waals surface area contributed by atoms with Crippen LogP contribution < -0.4 is 17.0 Å². The number of hydrazine groups is 1. The molecule has 0 saturated heterocycles. The maximum atomic E-state index is 10.6. The van der Waals surface area contributed by atoms with E-state index in [2.05, 4.69) is 4.99 Å². The van der Waals surface area contributed by atoms with Crippen molar-refractivity contribution in [1.29, 1.82) is 0 Å². The van der Waals surface area contributed by atoms with Crippen molar-refractivity contribution in [3.8, 4) is 0 Å². The molecule has 0 radical (unpaired) electrons. The Morgan fingerprint density at radius 1 is 1.80 bits per heavy atom. The van der Waals surface area contributed by atoms with Crippen molar-refractivity contribution in [3.05, 3.63) is 0 Å². The van der Waals surface area contributed by atoms with E-state index in [1.807, 2.05) is 5.43 Å². The van der Waals surface area contributed by atoms with Gasteiger partial charge in [-0.25, -0.2) is 5.84 Å². The van der Waals surface area contributed by atoms with Crippen LogP contribution in [0.4, 0.5) is 0 Å². The zero-order chi connectivity index (χ0) is 8.15. The Morgan fingerprint density at radius 2 is 2.30 bits per heavy atom. The fourth-order valence-corrected chi connectivity index (χ4v) is 0.481. The van der Waals surface area contributed by atoms with E-state index in [1.54, 1.807) is 0 Å². The van der Waals surface area contributed by atoms with E-state index in [4.69, 9.17) is 23.2 Å². The molecule has 0 aliphatic heterocycles. The van der Waals surface area contributed by atoms with Crippen LogP contribution >= 0.6 is 11.6 Å². The van der Waals surface area contributed by atoms with Gasteiger partial charge in [-0.2, -0.15) is 0 Å². The van der Waals surface area contributed by atoms with E-state index >= 15 is 0 Å². The third-order valence-electron chi connectivity index (χ3n) is 0.890. The first-order valence-electron chi connectivity index (χ1n) is 2.50. The summed E-state index contributed by atoms with van der Waals surface area (Å²) in [5, 5.41) is -0.977. The van der Waals surface area contributed by atoms with Crippen LogP contribution in [0.25, 0.3) is 0 Å². The van der Waals surface area contributed by atoms with Crippen molar-refractivity contribution in [2.45, 2.75) is 5.38 Å². The number of aliphatic imine (C=N–C) groups is 1. The average molecular weight is 165 g/mol. The van der Waals surface area contributed by atoms with E-state index in [0.29, 0.717) is 0 Å². The molecule has 0 fully saturated rings. The quantitative estimate of drug-likeness (QED) is 0.117. The molecule has 5 nitrogen and oxygen atoms in total. The zero-order valence-corrected chi connectivity index (χ0v) is 6.22. The summed E-state index contributed by atoms with van der Waals surface area (Å²) in [6.07, 6.45) is 0. The normalized spacial score (nSPS) is 14.5. The molecular weight excluding hydrogens is 156 g/mol. The number of alkyl halides is 1. The fourth-order valence-electron chi connectivity index (χ4n) is 0.321. The van der Waals surface area contributed by atoms with Crippen molar-refractivity contribution in [2.75, 3.05) is 7.05 Å². The molecule has 0 rings (SSSR count). The van der Waals surface area contributed by atoms with Gasteiger partial charge in [-0.3, -0.25) is 15.2 Å². The van der Waals surface area contributed by atoms with Gasteiger partial charge in [-0.05, 0) is 0 Å². The van der Waals surface area contributed by atoms with Gasteiger partial charge in [0.25, 0.3) is 5.91 Å². The molecule has 0 heterocycles. The van der Waals surface area contributed by atoms with Gasteiger partial charge in [0.1, 0.15) is 5.84 Å². The molecule has 58 valence electrons. The minimum atomic E-state index is -0.977. The molecule has 0 bridgehead atoms. The summed E-state index contributed by atoms with van der Waals surface area (Å²) in [5.74, 6) is 4.25. The predicted molar refractivity (Wildman–Crippen MR) is 39.5 cm³/mol. The smallest absolute Gasteiger partial charge is 0.259 e. The van der Waals surface area contributed by atoms with Gasteiger partial charge in [0.2, 0.25) is 0 Å². The van der Waals surface area contributed by atoms with E-state index in [9.17, 15) is 4.79 Å². The number of amides is 1. The first-order chi connectivity index (χ1) is 4.63. The first kappa shape index (κ1) is 9.19. The molecule has 1 amide bonds. The highest BCUT2D eigenvalue weighted by molar-refractivity contribution is 6.42. The monoisotopic (exact) mass is 164 g/mol. The zero-order valence-electron chi connectivity index (χ0n) is 5.47. The van der Waals surface area contributed by atoms with Crippen LogP contribution in [0.1, 0.15) is 0 Å². The summed E-state index contributed by atoms with van der Waals surface area (Å²) in [6.45, 7) is 0. The largest absolute Gasteiger partial charge is 0.386 e. The van der Waals surface area contributed by atoms with Crippen molar-refractivity contribution < 1.29 is 4.79 Å². The number of hydrogen-bond acceptors (Lipinski definition) is 3. The number of hydrogen-bond donors (Lipinski definition) is 3. The molecule has 1 atom stereocenters. The third kappa shape index (κ3) is 2.20. The maximum Gasteiger partial charge on any atom is 0.259 e. The van der Waals surface area contributed by atoms with Crippen LogP contribution in [0.3, 0.4) is 0 Å². The Bertz CT molecular complexity index is 157.